The number of likely N-dealkylation sites (N-methyl/N-ethyl adjacent to an activating group) is 3. The van der Waals surface area contributed by atoms with Gasteiger partial charge in [-0.2, -0.15) is 0 Å². The maximum Gasteiger partial charge on any atom is 0.323 e. The Morgan fingerprint density at radius 1 is 0.551 bits per heavy atom. The van der Waals surface area contributed by atoms with E-state index in [0.29, 0.717) is 64.2 Å². The SMILES string of the molecule is CCCC[C@H]1C(=O)N(C)[C@@H](CCCC)C(=O)N[C@@H](CC(C)C)C(=O)N[C@H](C(=O)NCC(N)=O)CSCC(=O)N[C@@H](Cc2ccc(O)cc2)C(=O)N(C)[C@@H](C)C(=O)N[C@@H](CC(N)=O)C(=O)N2CCCC2C(=O)N[C@@H](CN)C(=O)N[C@@H](CC(C)C)C(=O)N2C[C@H](O)C[C@H]2C(=O)N[C@@H](Cc2c[nH]c3ccccc23)C(=O)N[C@@H](CCCCC(=N)N)C(=O)N[C@@H](Cc2cn(CC(=O)O)c3ccccc23)C(=O)N1C. The predicted molar refractivity (Wildman–Crippen MR) is 511 cm³/mol. The van der Waals surface area contributed by atoms with Gasteiger partial charge in [-0.15, -0.1) is 11.8 Å². The van der Waals surface area contributed by atoms with E-state index in [0.717, 1.165) is 36.3 Å². The average Bonchev–Trinajstić information content (AvgIpc) is 1.69. The Morgan fingerprint density at radius 3 is 1.75 bits per heavy atom. The Balaban J connectivity index is 1.23. The Morgan fingerprint density at radius 2 is 1.10 bits per heavy atom. The number of nitrogens with zero attached hydrogens (tertiary/aromatic N) is 6. The number of aromatic amines is 1. The van der Waals surface area contributed by atoms with E-state index in [1.54, 1.807) is 82.4 Å². The predicted octanol–water partition coefficient (Wildman–Crippen LogP) is -1.09. The molecule has 43 nitrogen and oxygen atoms in total. The molecule has 23 N–H and O–H groups in total. The number of thioether (sulfide) groups is 1. The van der Waals surface area contributed by atoms with Crippen LogP contribution in [0.4, 0.5) is 0 Å². The highest BCUT2D eigenvalue weighted by molar-refractivity contribution is 8.00. The number of hydrogen-bond donors (Lipinski definition) is 19. The third-order valence-corrected chi connectivity index (χ3v) is 25.8. The second-order valence-corrected chi connectivity index (χ2v) is 37.5. The fourth-order valence-corrected chi connectivity index (χ4v) is 18.2. The fourth-order valence-electron chi connectivity index (χ4n) is 17.3. The molecule has 15 atom stereocenters. The van der Waals surface area contributed by atoms with Gasteiger partial charge < -0.3 is 125 Å². The number of nitrogens with one attached hydrogen (secondary N) is 12. The molecule has 138 heavy (non-hydrogen) atoms. The number of amides is 17. The number of rotatable bonds is 29. The van der Waals surface area contributed by atoms with Crippen molar-refractivity contribution in [2.24, 2.45) is 34.8 Å². The van der Waals surface area contributed by atoms with Crippen molar-refractivity contribution in [3.8, 4) is 5.75 Å². The highest BCUT2D eigenvalue weighted by Gasteiger charge is 2.47. The quantitative estimate of drug-likeness (QED) is 0.0154. The zero-order valence-electron chi connectivity index (χ0n) is 79.9. The number of amidine groups is 1. The van der Waals surface area contributed by atoms with Crippen LogP contribution in [0.2, 0.25) is 0 Å². The summed E-state index contributed by atoms with van der Waals surface area (Å²) in [5, 5.41) is 67.8. The molecule has 0 aliphatic carbocycles. The van der Waals surface area contributed by atoms with E-state index in [1.807, 2.05) is 13.8 Å². The minimum absolute atomic E-state index is 0.00616. The van der Waals surface area contributed by atoms with Crippen molar-refractivity contribution in [2.45, 2.75) is 268 Å². The van der Waals surface area contributed by atoms with E-state index in [-0.39, 0.29) is 113 Å². The summed E-state index contributed by atoms with van der Waals surface area (Å²) in [6.45, 7) is 9.49. The molecule has 5 aromatic rings. The number of carbonyl (C=O) groups excluding carboxylic acids is 17. The molecule has 3 fully saturated rings. The first kappa shape index (κ1) is 110. The van der Waals surface area contributed by atoms with Crippen molar-refractivity contribution in [1.29, 1.82) is 5.41 Å². The number of aliphatic hydroxyl groups excluding tert-OH is 1. The molecule has 5 heterocycles. The van der Waals surface area contributed by atoms with E-state index < -0.39 is 248 Å². The minimum atomic E-state index is -1.77. The molecule has 0 radical (unpaired) electrons. The Hall–Kier alpha value is -13.3. The third-order valence-electron chi connectivity index (χ3n) is 24.8. The lowest BCUT2D eigenvalue weighted by molar-refractivity contribution is -0.149. The number of aliphatic hydroxyl groups is 1. The lowest BCUT2D eigenvalue weighted by Gasteiger charge is -2.36. The topological polar surface area (TPSA) is 653 Å². The van der Waals surface area contributed by atoms with Crippen LogP contribution < -0.4 is 76.1 Å². The van der Waals surface area contributed by atoms with E-state index in [2.05, 4.69) is 58.2 Å². The monoisotopic (exact) mass is 1940 g/mol. The summed E-state index contributed by atoms with van der Waals surface area (Å²) < 4.78 is 1.44. The second kappa shape index (κ2) is 52.3. The van der Waals surface area contributed by atoms with Gasteiger partial charge in [-0.1, -0.05) is 122 Å². The summed E-state index contributed by atoms with van der Waals surface area (Å²) in [5.74, 6) is -19.1. The number of primary amides is 2. The lowest BCUT2D eigenvalue weighted by Crippen LogP contribution is -2.61. The third kappa shape index (κ3) is 31.1. The molecule has 3 saturated heterocycles. The summed E-state index contributed by atoms with van der Waals surface area (Å²) in [6.07, 6.45) is 1.29. The van der Waals surface area contributed by atoms with Crippen LogP contribution in [0.5, 0.6) is 5.75 Å². The number of fused-ring (bicyclic) bond motifs is 4. The van der Waals surface area contributed by atoms with Gasteiger partial charge in [0.1, 0.15) is 96.9 Å². The zero-order valence-corrected chi connectivity index (χ0v) is 80.7. The number of aromatic nitrogens is 2. The molecule has 1 unspecified atom stereocenters. The average molecular weight is 1940 g/mol. The van der Waals surface area contributed by atoms with Crippen LogP contribution in [0, 0.1) is 17.2 Å². The summed E-state index contributed by atoms with van der Waals surface area (Å²) >= 11 is 0.782. The Labute approximate surface area is 805 Å². The summed E-state index contributed by atoms with van der Waals surface area (Å²) in [6, 6.07) is -2.28. The molecule has 3 aliphatic rings. The zero-order chi connectivity index (χ0) is 102. The highest BCUT2D eigenvalue weighted by atomic mass is 32.2. The number of H-pyrrole nitrogens is 1. The molecule has 3 aliphatic heterocycles. The number of phenols is 1. The number of unbranched alkanes of at least 4 members (excludes halogenated alkanes) is 3. The van der Waals surface area contributed by atoms with Gasteiger partial charge in [0.25, 0.3) is 0 Å². The maximum absolute atomic E-state index is 16.1. The van der Waals surface area contributed by atoms with Crippen LogP contribution in [0.15, 0.2) is 85.2 Å². The van der Waals surface area contributed by atoms with Gasteiger partial charge in [0.05, 0.1) is 30.7 Å². The van der Waals surface area contributed by atoms with Crippen LogP contribution in [-0.2, 0) is 112 Å². The number of para-hydroxylation sites is 2. The van der Waals surface area contributed by atoms with Crippen LogP contribution >= 0.6 is 11.8 Å². The van der Waals surface area contributed by atoms with Crippen LogP contribution in [0.1, 0.15) is 168 Å². The van der Waals surface area contributed by atoms with Gasteiger partial charge in [-0.05, 0) is 111 Å². The highest BCUT2D eigenvalue weighted by Crippen LogP contribution is 2.29. The number of benzene rings is 3. The van der Waals surface area contributed by atoms with Crippen molar-refractivity contribution in [3.05, 3.63) is 102 Å². The van der Waals surface area contributed by atoms with Crippen molar-refractivity contribution >= 4 is 146 Å². The van der Waals surface area contributed by atoms with Crippen molar-refractivity contribution in [1.82, 2.24) is 87.2 Å². The van der Waals surface area contributed by atoms with Gasteiger partial charge in [0.15, 0.2) is 0 Å². The molecule has 2 aromatic heterocycles. The molecule has 17 amide bonds. The van der Waals surface area contributed by atoms with E-state index >= 15 is 33.6 Å². The molecule has 0 spiro atoms. The van der Waals surface area contributed by atoms with Crippen molar-refractivity contribution in [3.63, 3.8) is 0 Å². The van der Waals surface area contributed by atoms with E-state index in [1.165, 1.54) is 63.1 Å². The second-order valence-electron chi connectivity index (χ2n) is 36.5. The van der Waals surface area contributed by atoms with Gasteiger partial charge in [0.2, 0.25) is 100 Å². The number of nitrogens with two attached hydrogens (primary N) is 4. The van der Waals surface area contributed by atoms with Crippen molar-refractivity contribution < 1.29 is 102 Å². The molecule has 3 aromatic carbocycles. The maximum atomic E-state index is 16.1. The molecular formula is C94H136N22O21S. The number of carboxylic acids is 1. The smallest absolute Gasteiger partial charge is 0.323 e. The Bertz CT molecular complexity index is 5200. The Kier molecular flexibility index (Phi) is 41.7. The number of carboxylic acid groups (broad SMARTS) is 1. The summed E-state index contributed by atoms with van der Waals surface area (Å²) in [4.78, 5) is 272. The number of hydrogen-bond acceptors (Lipinski definition) is 23. The van der Waals surface area contributed by atoms with Gasteiger partial charge >= 0.3 is 5.97 Å². The van der Waals surface area contributed by atoms with Gasteiger partial charge in [-0.3, -0.25) is 91.7 Å². The lowest BCUT2D eigenvalue weighted by atomic mass is 9.99. The van der Waals surface area contributed by atoms with E-state index in [9.17, 15) is 68.1 Å². The molecule has 8 rings (SSSR count). The van der Waals surface area contributed by atoms with Crippen LogP contribution in [0.25, 0.3) is 21.8 Å². The largest absolute Gasteiger partial charge is 0.508 e. The van der Waals surface area contributed by atoms with Crippen molar-refractivity contribution in [2.75, 3.05) is 58.8 Å². The standard InChI is InChI=1S/C94H136N22O21S/c1-11-13-26-72-87(130)104-63(36-51(3)4)84(127)110-70(82(125)101-45-78(99)120)49-138-50-79(121)102-66(38-54-31-33-57(117)34-32-54)90(133)111(8)53(7)81(124)106-68(42-77(98)119)92(135)115-35-21-29-73(115)88(131)109-69(43-95)86(129)107-65(37-52(5)6)93(136)116-47-58(118)41-75(116)89(132)105-64(39-55-44-100-61-24-17-15-22-59(55)61)85(128)103-62(25-18-20-30-76(96)97)83(126)108-67(91(134)113(10)74(27-14-12-2)94(137)112(72)9)40-56-46-114(48-80(122)123)71-28-19-16-23-60(56)71/h15-17,19,22-24,28,31-34,44,46,51-53,58,62-70,72-75,100,117-118H,11-14,18,20-21,25-27,29-30,35-43,45,47-50,95H2,1-10H3,(H3,96,97)(H2,98,119)(H2,99,120)(H,101,125)(H,102,121)(H,103,128)(H,104,130)(H,105,132)(H,106,124)(H,107,129)(H,108,126)(H,109,131)(H,110,127)(H,122,123)/t53-,58+,62-,63-,64-,65-,66-,67-,68-,69-,70-,72-,73?,74-,75-/m0/s1. The van der Waals surface area contributed by atoms with Gasteiger partial charge in [-0.25, -0.2) is 0 Å². The molecule has 754 valence electrons. The summed E-state index contributed by atoms with van der Waals surface area (Å²) in [7, 11) is 3.91. The molecule has 0 saturated carbocycles. The minimum Gasteiger partial charge on any atom is -0.508 e. The van der Waals surface area contributed by atoms with Crippen LogP contribution in [-0.4, -0.2) is 311 Å². The number of aromatic hydroxyl groups is 1. The summed E-state index contributed by atoms with van der Waals surface area (Å²) in [5.41, 5.74) is 25.5. The first-order valence-corrected chi connectivity index (χ1v) is 48.0. The number of carbonyl (C=O) groups is 18. The molecule has 0 bridgehead atoms. The number of aliphatic carboxylic acids is 1. The molecule has 44 heteroatoms. The number of phenolic OH excluding ortho intramolecular Hbond substituents is 1. The normalized spacial score (nSPS) is 24.5. The van der Waals surface area contributed by atoms with Crippen LogP contribution in [0.3, 0.4) is 0 Å². The molecular weight excluding hydrogens is 1810 g/mol. The van der Waals surface area contributed by atoms with Gasteiger partial charge in [0, 0.05) is 113 Å². The first-order chi connectivity index (χ1) is 65.4. The fraction of sp³-hybridized carbons (Fsp3) is 0.564. The van der Waals surface area contributed by atoms with E-state index in [4.69, 9.17) is 28.3 Å². The first-order valence-electron chi connectivity index (χ1n) is 46.8.